The number of hydrogen-bond donors (Lipinski definition) is 2. The van der Waals surface area contributed by atoms with Gasteiger partial charge in [-0.15, -0.1) is 0 Å². The van der Waals surface area contributed by atoms with Crippen LogP contribution in [0.15, 0.2) is 27.7 Å². The van der Waals surface area contributed by atoms with E-state index in [-0.39, 0.29) is 17.1 Å². The highest BCUT2D eigenvalue weighted by molar-refractivity contribution is 6.06. The SMILES string of the molecule is C=NC1=C(C(N)=NC)C(C)(C)Cc2c1ccc(O)c2C(C)CCC#N. The third kappa shape index (κ3) is 3.30. The van der Waals surface area contributed by atoms with Gasteiger partial charge in [0, 0.05) is 30.2 Å². The second-order valence-corrected chi connectivity index (χ2v) is 7.17. The molecule has 0 radical (unpaired) electrons. The van der Waals surface area contributed by atoms with Gasteiger partial charge in [-0.1, -0.05) is 20.8 Å². The molecule has 1 aliphatic carbocycles. The van der Waals surface area contributed by atoms with E-state index >= 15 is 0 Å². The Balaban J connectivity index is 2.76. The van der Waals surface area contributed by atoms with Gasteiger partial charge < -0.3 is 10.8 Å². The minimum atomic E-state index is -0.287. The van der Waals surface area contributed by atoms with E-state index < -0.39 is 0 Å². The summed E-state index contributed by atoms with van der Waals surface area (Å²) in [5.41, 5.74) is 10.4. The van der Waals surface area contributed by atoms with Gasteiger partial charge in [-0.2, -0.15) is 5.26 Å². The fourth-order valence-electron chi connectivity index (χ4n) is 3.77. The molecule has 0 saturated heterocycles. The Labute approximate surface area is 149 Å². The first-order chi connectivity index (χ1) is 11.8. The highest BCUT2D eigenvalue weighted by Crippen LogP contribution is 2.47. The third-order valence-corrected chi connectivity index (χ3v) is 4.96. The molecule has 1 aromatic rings. The summed E-state index contributed by atoms with van der Waals surface area (Å²) in [4.78, 5) is 8.42. The smallest absolute Gasteiger partial charge is 0.123 e. The summed E-state index contributed by atoms with van der Waals surface area (Å²) in [5, 5.41) is 19.4. The maximum atomic E-state index is 10.5. The molecule has 25 heavy (non-hydrogen) atoms. The third-order valence-electron chi connectivity index (χ3n) is 4.96. The lowest BCUT2D eigenvalue weighted by atomic mass is 9.69. The van der Waals surface area contributed by atoms with Crippen molar-refractivity contribution < 1.29 is 5.11 Å². The average molecular weight is 338 g/mol. The highest BCUT2D eigenvalue weighted by atomic mass is 16.3. The second-order valence-electron chi connectivity index (χ2n) is 7.17. The number of fused-ring (bicyclic) bond motifs is 1. The number of hydrogen-bond acceptors (Lipinski definition) is 4. The van der Waals surface area contributed by atoms with Crippen molar-refractivity contribution in [3.8, 4) is 11.8 Å². The molecular weight excluding hydrogens is 312 g/mol. The molecular formula is C20H26N4O. The fourth-order valence-corrected chi connectivity index (χ4v) is 3.77. The van der Waals surface area contributed by atoms with Crippen molar-refractivity contribution in [1.82, 2.24) is 0 Å². The number of nitrogens with zero attached hydrogens (tertiary/aromatic N) is 3. The monoisotopic (exact) mass is 338 g/mol. The normalized spacial score (nSPS) is 17.6. The first-order valence-electron chi connectivity index (χ1n) is 8.44. The Morgan fingerprint density at radius 3 is 2.72 bits per heavy atom. The molecule has 3 N–H and O–H groups in total. The number of amidine groups is 1. The molecule has 0 spiro atoms. The molecule has 0 bridgehead atoms. The number of aromatic hydroxyl groups is 1. The maximum Gasteiger partial charge on any atom is 0.123 e. The average Bonchev–Trinajstić information content (AvgIpc) is 2.56. The second kappa shape index (κ2) is 7.10. The van der Waals surface area contributed by atoms with E-state index in [4.69, 9.17) is 11.0 Å². The van der Waals surface area contributed by atoms with E-state index in [0.29, 0.717) is 25.1 Å². The number of phenols is 1. The summed E-state index contributed by atoms with van der Waals surface area (Å²) < 4.78 is 0. The van der Waals surface area contributed by atoms with Gasteiger partial charge in [0.1, 0.15) is 11.6 Å². The van der Waals surface area contributed by atoms with Crippen LogP contribution in [0.5, 0.6) is 5.75 Å². The Bertz CT molecular complexity index is 797. The summed E-state index contributed by atoms with van der Waals surface area (Å²) in [6.45, 7) is 9.98. The largest absolute Gasteiger partial charge is 0.508 e. The lowest BCUT2D eigenvalue weighted by molar-refractivity contribution is 0.435. The molecule has 0 aliphatic heterocycles. The molecule has 5 heteroatoms. The van der Waals surface area contributed by atoms with Crippen molar-refractivity contribution in [2.75, 3.05) is 7.05 Å². The molecule has 2 rings (SSSR count). The number of phenolic OH excluding ortho intramolecular Hbond substituents is 1. The van der Waals surface area contributed by atoms with Crippen molar-refractivity contribution in [2.45, 2.75) is 46.0 Å². The Morgan fingerprint density at radius 1 is 1.48 bits per heavy atom. The Hall–Kier alpha value is -2.61. The van der Waals surface area contributed by atoms with Crippen molar-refractivity contribution >= 4 is 18.3 Å². The summed E-state index contributed by atoms with van der Waals surface area (Å²) in [5.74, 6) is 0.810. The van der Waals surface area contributed by atoms with E-state index in [0.717, 1.165) is 28.0 Å². The van der Waals surface area contributed by atoms with E-state index in [1.807, 2.05) is 13.0 Å². The number of rotatable bonds is 5. The van der Waals surface area contributed by atoms with Gasteiger partial charge in [0.25, 0.3) is 0 Å². The lowest BCUT2D eigenvalue weighted by Gasteiger charge is -2.36. The highest BCUT2D eigenvalue weighted by Gasteiger charge is 2.37. The summed E-state index contributed by atoms with van der Waals surface area (Å²) in [6.07, 6.45) is 1.87. The number of aliphatic imine (C=N–C) groups is 2. The minimum absolute atomic E-state index is 0.0789. The van der Waals surface area contributed by atoms with Crippen molar-refractivity contribution in [2.24, 2.45) is 21.1 Å². The summed E-state index contributed by atoms with van der Waals surface area (Å²) >= 11 is 0. The Morgan fingerprint density at radius 2 is 2.16 bits per heavy atom. The lowest BCUT2D eigenvalue weighted by Crippen LogP contribution is -2.33. The van der Waals surface area contributed by atoms with Gasteiger partial charge in [0.05, 0.1) is 11.8 Å². The van der Waals surface area contributed by atoms with Crippen LogP contribution in [-0.2, 0) is 6.42 Å². The van der Waals surface area contributed by atoms with Crippen molar-refractivity contribution in [3.63, 3.8) is 0 Å². The standard InChI is InChI=1S/C20H26N4O/c1-12(7-6-10-21)16-14-11-20(2,3)17(19(22)24-5)18(23-4)13(14)8-9-15(16)25/h8-9,12,25H,4,6-7,11H2,1-3,5H3,(H2,22,24). The molecule has 132 valence electrons. The number of nitriles is 1. The molecule has 1 aliphatic rings. The molecule has 0 heterocycles. The van der Waals surface area contributed by atoms with Gasteiger partial charge >= 0.3 is 0 Å². The van der Waals surface area contributed by atoms with Crippen LogP contribution in [0, 0.1) is 16.7 Å². The van der Waals surface area contributed by atoms with Crippen LogP contribution in [-0.4, -0.2) is 24.7 Å². The predicted molar refractivity (Wildman–Crippen MR) is 103 cm³/mol. The van der Waals surface area contributed by atoms with E-state index in [1.54, 1.807) is 13.1 Å². The zero-order valence-corrected chi connectivity index (χ0v) is 15.4. The number of benzene rings is 1. The molecule has 0 amide bonds. The van der Waals surface area contributed by atoms with Crippen LogP contribution < -0.4 is 5.73 Å². The van der Waals surface area contributed by atoms with E-state index in [2.05, 4.69) is 36.6 Å². The Kier molecular flexibility index (Phi) is 5.32. The van der Waals surface area contributed by atoms with Crippen molar-refractivity contribution in [1.29, 1.82) is 5.26 Å². The minimum Gasteiger partial charge on any atom is -0.508 e. The van der Waals surface area contributed by atoms with Crippen LogP contribution in [0.25, 0.3) is 5.70 Å². The van der Waals surface area contributed by atoms with Gasteiger partial charge in [0.2, 0.25) is 0 Å². The zero-order chi connectivity index (χ0) is 18.8. The topological polar surface area (TPSA) is 94.8 Å². The molecule has 1 unspecified atom stereocenters. The van der Waals surface area contributed by atoms with E-state index in [9.17, 15) is 5.11 Å². The van der Waals surface area contributed by atoms with Crippen LogP contribution in [0.2, 0.25) is 0 Å². The van der Waals surface area contributed by atoms with Crippen LogP contribution in [0.3, 0.4) is 0 Å². The first kappa shape index (κ1) is 18.7. The molecule has 1 atom stereocenters. The summed E-state index contributed by atoms with van der Waals surface area (Å²) in [7, 11) is 1.67. The molecule has 0 saturated carbocycles. The molecule has 5 nitrogen and oxygen atoms in total. The molecule has 0 aromatic heterocycles. The summed E-state index contributed by atoms with van der Waals surface area (Å²) in [6, 6.07) is 5.74. The van der Waals surface area contributed by atoms with Gasteiger partial charge in [-0.3, -0.25) is 9.98 Å². The quantitative estimate of drug-likeness (QED) is 0.632. The number of nitrogens with two attached hydrogens (primary N) is 1. The maximum absolute atomic E-state index is 10.5. The van der Waals surface area contributed by atoms with E-state index in [1.165, 1.54) is 0 Å². The zero-order valence-electron chi connectivity index (χ0n) is 15.4. The van der Waals surface area contributed by atoms with Gasteiger partial charge in [-0.05, 0) is 48.6 Å². The van der Waals surface area contributed by atoms with Crippen LogP contribution in [0.4, 0.5) is 0 Å². The molecule has 0 fully saturated rings. The predicted octanol–water partition coefficient (Wildman–Crippen LogP) is 3.78. The van der Waals surface area contributed by atoms with Crippen molar-refractivity contribution in [3.05, 3.63) is 34.4 Å². The van der Waals surface area contributed by atoms with Crippen LogP contribution in [0.1, 0.15) is 56.2 Å². The first-order valence-corrected chi connectivity index (χ1v) is 8.44. The van der Waals surface area contributed by atoms with Gasteiger partial charge in [-0.25, -0.2) is 0 Å². The van der Waals surface area contributed by atoms with Gasteiger partial charge in [0.15, 0.2) is 0 Å². The van der Waals surface area contributed by atoms with Crippen LogP contribution >= 0.6 is 0 Å². The molecule has 1 aromatic carbocycles. The fraction of sp³-hybridized carbons (Fsp3) is 0.450.